The smallest absolute Gasteiger partial charge is 0.251 e. The Bertz CT molecular complexity index is 1170. The third kappa shape index (κ3) is 6.59. The van der Waals surface area contributed by atoms with E-state index in [9.17, 15) is 9.59 Å². The first-order chi connectivity index (χ1) is 15.7. The Balaban J connectivity index is 1.66. The van der Waals surface area contributed by atoms with E-state index < -0.39 is 0 Å². The monoisotopic (exact) mass is 549 g/mol. The number of rotatable bonds is 8. The van der Waals surface area contributed by atoms with Crippen LogP contribution in [-0.2, 0) is 11.8 Å². The van der Waals surface area contributed by atoms with Crippen LogP contribution in [0.2, 0.25) is 5.02 Å². The van der Waals surface area contributed by atoms with Crippen molar-refractivity contribution in [2.75, 3.05) is 11.1 Å². The topological polar surface area (TPSA) is 88.9 Å². The number of benzene rings is 2. The average molecular weight is 551 g/mol. The quantitative estimate of drug-likeness (QED) is 0.367. The molecule has 7 nitrogen and oxygen atoms in total. The van der Waals surface area contributed by atoms with Crippen LogP contribution >= 0.6 is 39.3 Å². The standard InChI is InChI=1S/C23H25BrClN5O2S/c1-13(2)20(27-22(32)15-7-5-6-14(3)10-15)21-28-29-23(30(21)4)33-12-19(31)26-16-8-9-18(25)17(24)11-16/h5-11,13,20H,12H2,1-4H3,(H,26,31)(H,27,32)/t20-/m0/s1. The van der Waals surface area contributed by atoms with Gasteiger partial charge >= 0.3 is 0 Å². The van der Waals surface area contributed by atoms with Crippen LogP contribution in [0.1, 0.15) is 41.6 Å². The van der Waals surface area contributed by atoms with E-state index in [0.717, 1.165) is 5.56 Å². The molecular formula is C23H25BrClN5O2S. The Labute approximate surface area is 210 Å². The van der Waals surface area contributed by atoms with Crippen LogP contribution in [-0.4, -0.2) is 32.3 Å². The third-order valence-electron chi connectivity index (χ3n) is 4.92. The number of aryl methyl sites for hydroxylation is 1. The van der Waals surface area contributed by atoms with Crippen LogP contribution in [0.5, 0.6) is 0 Å². The molecule has 0 spiro atoms. The van der Waals surface area contributed by atoms with Gasteiger partial charge in [-0.15, -0.1) is 10.2 Å². The van der Waals surface area contributed by atoms with Gasteiger partial charge in [0, 0.05) is 22.8 Å². The van der Waals surface area contributed by atoms with Gasteiger partial charge in [0.2, 0.25) is 5.91 Å². The lowest BCUT2D eigenvalue weighted by Gasteiger charge is -2.21. The summed E-state index contributed by atoms with van der Waals surface area (Å²) in [4.78, 5) is 25.2. The molecule has 2 amide bonds. The van der Waals surface area contributed by atoms with Crippen molar-refractivity contribution in [2.45, 2.75) is 32.0 Å². The van der Waals surface area contributed by atoms with E-state index in [1.807, 2.05) is 50.6 Å². The molecule has 1 aromatic heterocycles. The number of carbonyl (C=O) groups is 2. The summed E-state index contributed by atoms with van der Waals surface area (Å²) in [5.74, 6) is 0.547. The van der Waals surface area contributed by atoms with E-state index in [1.54, 1.807) is 24.3 Å². The van der Waals surface area contributed by atoms with Crippen LogP contribution < -0.4 is 10.6 Å². The van der Waals surface area contributed by atoms with Crippen molar-refractivity contribution in [3.8, 4) is 0 Å². The first-order valence-corrected chi connectivity index (χ1v) is 12.5. The zero-order valence-electron chi connectivity index (χ0n) is 18.7. The number of amides is 2. The summed E-state index contributed by atoms with van der Waals surface area (Å²) in [6, 6.07) is 12.3. The normalized spacial score (nSPS) is 12.0. The second kappa shape index (κ2) is 11.2. The van der Waals surface area contributed by atoms with Gasteiger partial charge in [0.25, 0.3) is 5.91 Å². The van der Waals surface area contributed by atoms with Gasteiger partial charge in [-0.1, -0.05) is 54.9 Å². The Kier molecular flexibility index (Phi) is 8.56. The highest BCUT2D eigenvalue weighted by molar-refractivity contribution is 9.10. The van der Waals surface area contributed by atoms with Crippen molar-refractivity contribution in [3.63, 3.8) is 0 Å². The fourth-order valence-corrected chi connectivity index (χ4v) is 4.38. The van der Waals surface area contributed by atoms with Crippen molar-refractivity contribution in [1.29, 1.82) is 0 Å². The van der Waals surface area contributed by atoms with Gasteiger partial charge in [-0.25, -0.2) is 0 Å². The summed E-state index contributed by atoms with van der Waals surface area (Å²) in [5.41, 5.74) is 2.27. The summed E-state index contributed by atoms with van der Waals surface area (Å²) < 4.78 is 2.53. The van der Waals surface area contributed by atoms with Crippen molar-refractivity contribution < 1.29 is 9.59 Å². The Hall–Kier alpha value is -2.36. The number of thioether (sulfide) groups is 1. The van der Waals surface area contributed by atoms with Gasteiger partial charge < -0.3 is 15.2 Å². The molecule has 0 radical (unpaired) electrons. The lowest BCUT2D eigenvalue weighted by molar-refractivity contribution is -0.113. The van der Waals surface area contributed by atoms with Crippen LogP contribution in [0.3, 0.4) is 0 Å². The highest BCUT2D eigenvalue weighted by Gasteiger charge is 2.25. The molecule has 33 heavy (non-hydrogen) atoms. The predicted molar refractivity (Wildman–Crippen MR) is 136 cm³/mol. The summed E-state index contributed by atoms with van der Waals surface area (Å²) >= 11 is 10.6. The number of carbonyl (C=O) groups excluding carboxylic acids is 2. The molecule has 0 unspecified atom stereocenters. The molecule has 0 saturated heterocycles. The molecule has 0 saturated carbocycles. The summed E-state index contributed by atoms with van der Waals surface area (Å²) in [6.07, 6.45) is 0. The van der Waals surface area contributed by atoms with Gasteiger partial charge in [-0.3, -0.25) is 9.59 Å². The zero-order valence-corrected chi connectivity index (χ0v) is 21.9. The van der Waals surface area contributed by atoms with Gasteiger partial charge in [-0.2, -0.15) is 0 Å². The number of nitrogens with one attached hydrogen (secondary N) is 2. The van der Waals surface area contributed by atoms with Crippen LogP contribution in [0.4, 0.5) is 5.69 Å². The van der Waals surface area contributed by atoms with Crippen molar-refractivity contribution in [3.05, 3.63) is 68.9 Å². The maximum absolute atomic E-state index is 12.8. The van der Waals surface area contributed by atoms with E-state index >= 15 is 0 Å². The second-order valence-electron chi connectivity index (χ2n) is 7.93. The lowest BCUT2D eigenvalue weighted by atomic mass is 10.0. The number of aromatic nitrogens is 3. The van der Waals surface area contributed by atoms with Crippen molar-refractivity contribution in [2.24, 2.45) is 13.0 Å². The molecule has 174 valence electrons. The Morgan fingerprint density at radius 1 is 1.18 bits per heavy atom. The summed E-state index contributed by atoms with van der Waals surface area (Å²) in [5, 5.41) is 15.6. The molecule has 1 atom stereocenters. The highest BCUT2D eigenvalue weighted by Crippen LogP contribution is 2.27. The number of anilines is 1. The predicted octanol–water partition coefficient (Wildman–Crippen LogP) is 5.40. The van der Waals surface area contributed by atoms with Crippen molar-refractivity contribution >= 4 is 56.8 Å². The van der Waals surface area contributed by atoms with Gasteiger partial charge in [0.05, 0.1) is 16.8 Å². The molecule has 10 heteroatoms. The molecule has 3 aromatic rings. The Morgan fingerprint density at radius 2 is 1.94 bits per heavy atom. The first-order valence-electron chi connectivity index (χ1n) is 10.3. The number of hydrogen-bond donors (Lipinski definition) is 2. The molecule has 1 heterocycles. The maximum atomic E-state index is 12.8. The van der Waals surface area contributed by atoms with Gasteiger partial charge in [-0.05, 0) is 59.1 Å². The minimum Gasteiger partial charge on any atom is -0.342 e. The van der Waals surface area contributed by atoms with Crippen molar-refractivity contribution in [1.82, 2.24) is 20.1 Å². The van der Waals surface area contributed by atoms with E-state index in [-0.39, 0.29) is 29.5 Å². The number of halogens is 2. The van der Waals surface area contributed by atoms with Crippen LogP contribution in [0.15, 0.2) is 52.1 Å². The number of nitrogens with zero attached hydrogens (tertiary/aromatic N) is 3. The molecule has 2 aromatic carbocycles. The van der Waals surface area contributed by atoms with Crippen LogP contribution in [0, 0.1) is 12.8 Å². The molecule has 2 N–H and O–H groups in total. The molecule has 0 aliphatic rings. The summed E-state index contributed by atoms with van der Waals surface area (Å²) in [6.45, 7) is 5.98. The minimum absolute atomic E-state index is 0.0890. The molecule has 3 rings (SSSR count). The van der Waals surface area contributed by atoms with E-state index in [0.29, 0.717) is 31.7 Å². The van der Waals surface area contributed by atoms with E-state index in [2.05, 4.69) is 36.8 Å². The highest BCUT2D eigenvalue weighted by atomic mass is 79.9. The van der Waals surface area contributed by atoms with Gasteiger partial charge in [0.1, 0.15) is 0 Å². The zero-order chi connectivity index (χ0) is 24.1. The molecule has 0 aliphatic heterocycles. The average Bonchev–Trinajstić information content (AvgIpc) is 3.12. The third-order valence-corrected chi connectivity index (χ3v) is 7.15. The molecule has 0 bridgehead atoms. The van der Waals surface area contributed by atoms with Crippen LogP contribution in [0.25, 0.3) is 0 Å². The second-order valence-corrected chi connectivity index (χ2v) is 10.1. The molecule has 0 fully saturated rings. The molecular weight excluding hydrogens is 526 g/mol. The van der Waals surface area contributed by atoms with E-state index in [4.69, 9.17) is 11.6 Å². The lowest BCUT2D eigenvalue weighted by Crippen LogP contribution is -2.33. The molecule has 0 aliphatic carbocycles. The fourth-order valence-electron chi connectivity index (χ4n) is 3.16. The first kappa shape index (κ1) is 25.3. The Morgan fingerprint density at radius 3 is 2.61 bits per heavy atom. The minimum atomic E-state index is -0.329. The largest absolute Gasteiger partial charge is 0.342 e. The number of hydrogen-bond acceptors (Lipinski definition) is 5. The maximum Gasteiger partial charge on any atom is 0.251 e. The van der Waals surface area contributed by atoms with Gasteiger partial charge in [0.15, 0.2) is 11.0 Å². The fraction of sp³-hybridized carbons (Fsp3) is 0.304. The van der Waals surface area contributed by atoms with E-state index in [1.165, 1.54) is 11.8 Å². The SMILES string of the molecule is Cc1cccc(C(=O)N[C@H](c2nnc(SCC(=O)Nc3ccc(Cl)c(Br)c3)n2C)C(C)C)c1. The summed E-state index contributed by atoms with van der Waals surface area (Å²) in [7, 11) is 1.83.